The normalized spacial score (nSPS) is 16.7. The Morgan fingerprint density at radius 1 is 1.11 bits per heavy atom. The van der Waals surface area contributed by atoms with Crippen LogP contribution in [0.1, 0.15) is 0 Å². The standard InChI is InChI=1S/C16H14FN5O4S2/c17-11-4-5-13(22(23)24)14(10-11)20-6-8-21(9-7-20)28(25,26)15-3-1-2-12-16(15)19-27-18-12/h1-5,10H,6-9H2. The van der Waals surface area contributed by atoms with Crippen molar-refractivity contribution in [2.24, 2.45) is 8.73 Å². The molecule has 0 atom stereocenters. The predicted octanol–water partition coefficient (Wildman–Crippen LogP) is 2.97. The molecule has 4 rings (SSSR count). The molecular formula is C16H14FN5O4S2. The summed E-state index contributed by atoms with van der Waals surface area (Å²) < 4.78 is 49.2. The Balaban J connectivity index is 1.57. The third-order valence-electron chi connectivity index (χ3n) is 4.58. The van der Waals surface area contributed by atoms with Crippen molar-refractivity contribution in [3.8, 4) is 0 Å². The molecule has 0 unspecified atom stereocenters. The first-order valence-corrected chi connectivity index (χ1v) is 10.5. The Labute approximate surface area is 163 Å². The molecule has 0 amide bonds. The second kappa shape index (κ2) is 7.04. The topological polar surface area (TPSA) is 108 Å². The lowest BCUT2D eigenvalue weighted by atomic mass is 10.2. The first kappa shape index (κ1) is 18.7. The molecule has 0 bridgehead atoms. The van der Waals surface area contributed by atoms with Crippen LogP contribution in [0.2, 0.25) is 0 Å². The number of sulfonamides is 1. The molecule has 1 fully saturated rings. The van der Waals surface area contributed by atoms with E-state index in [1.54, 1.807) is 17.0 Å². The molecule has 2 aromatic rings. The van der Waals surface area contributed by atoms with Crippen LogP contribution < -0.4 is 4.90 Å². The number of fused-ring (bicyclic) bond motifs is 1. The SMILES string of the molecule is O=[N+]([O-])c1ccc(F)cc1N1CCN(S(=O)(=O)c2cccc3c2N=S=N3)CC1. The van der Waals surface area contributed by atoms with Crippen LogP contribution in [0.5, 0.6) is 0 Å². The maximum absolute atomic E-state index is 13.6. The van der Waals surface area contributed by atoms with Gasteiger partial charge < -0.3 is 4.90 Å². The zero-order chi connectivity index (χ0) is 19.9. The van der Waals surface area contributed by atoms with Gasteiger partial charge in [-0.25, -0.2) is 12.8 Å². The monoisotopic (exact) mass is 423 g/mol. The highest BCUT2D eigenvalue weighted by atomic mass is 32.2. The minimum absolute atomic E-state index is 0.0870. The Morgan fingerprint density at radius 2 is 1.86 bits per heavy atom. The number of piperazine rings is 1. The minimum atomic E-state index is -3.80. The number of anilines is 1. The van der Waals surface area contributed by atoms with E-state index in [1.807, 2.05) is 0 Å². The average Bonchev–Trinajstić information content (AvgIpc) is 3.16. The van der Waals surface area contributed by atoms with Gasteiger partial charge in [0.05, 0.1) is 16.3 Å². The fraction of sp³-hybridized carbons (Fsp3) is 0.250. The first-order valence-electron chi connectivity index (χ1n) is 8.28. The second-order valence-electron chi connectivity index (χ2n) is 6.17. The van der Waals surface area contributed by atoms with Gasteiger partial charge in [0.2, 0.25) is 10.0 Å². The van der Waals surface area contributed by atoms with Gasteiger partial charge in [-0.2, -0.15) is 13.0 Å². The molecule has 2 aliphatic rings. The summed E-state index contributed by atoms with van der Waals surface area (Å²) in [5.41, 5.74) is 0.777. The van der Waals surface area contributed by atoms with Crippen molar-refractivity contribution < 1.29 is 17.7 Å². The van der Waals surface area contributed by atoms with Crippen LogP contribution in [0.25, 0.3) is 0 Å². The molecular weight excluding hydrogens is 409 g/mol. The highest BCUT2D eigenvalue weighted by molar-refractivity contribution is 7.89. The van der Waals surface area contributed by atoms with E-state index < -0.39 is 20.8 Å². The molecule has 2 aliphatic heterocycles. The molecule has 0 radical (unpaired) electrons. The molecule has 0 aliphatic carbocycles. The molecule has 0 spiro atoms. The fourth-order valence-corrected chi connectivity index (χ4v) is 5.38. The third-order valence-corrected chi connectivity index (χ3v) is 7.05. The summed E-state index contributed by atoms with van der Waals surface area (Å²) in [7, 11) is -3.80. The molecule has 146 valence electrons. The van der Waals surface area contributed by atoms with Crippen LogP contribution in [0.15, 0.2) is 50.0 Å². The van der Waals surface area contributed by atoms with Gasteiger partial charge in [0.25, 0.3) is 5.69 Å². The summed E-state index contributed by atoms with van der Waals surface area (Å²) in [6.07, 6.45) is 0. The van der Waals surface area contributed by atoms with E-state index >= 15 is 0 Å². The largest absolute Gasteiger partial charge is 0.363 e. The van der Waals surface area contributed by atoms with Gasteiger partial charge in [-0.05, 0) is 18.2 Å². The number of benzene rings is 2. The van der Waals surface area contributed by atoms with Crippen LogP contribution in [0, 0.1) is 15.9 Å². The van der Waals surface area contributed by atoms with Crippen molar-refractivity contribution in [3.05, 3.63) is 52.3 Å². The summed E-state index contributed by atoms with van der Waals surface area (Å²) >= 11 is 0.943. The molecule has 28 heavy (non-hydrogen) atoms. The smallest absolute Gasteiger partial charge is 0.292 e. The number of rotatable bonds is 4. The van der Waals surface area contributed by atoms with Crippen LogP contribution in [0.3, 0.4) is 0 Å². The summed E-state index contributed by atoms with van der Waals surface area (Å²) in [5, 5.41) is 11.2. The van der Waals surface area contributed by atoms with E-state index in [2.05, 4.69) is 8.73 Å². The molecule has 9 nitrogen and oxygen atoms in total. The number of halogens is 1. The molecule has 12 heteroatoms. The zero-order valence-electron chi connectivity index (χ0n) is 14.4. The predicted molar refractivity (Wildman–Crippen MR) is 102 cm³/mol. The minimum Gasteiger partial charge on any atom is -0.363 e. The fourth-order valence-electron chi connectivity index (χ4n) is 3.20. The molecule has 2 heterocycles. The van der Waals surface area contributed by atoms with E-state index in [1.165, 1.54) is 10.4 Å². The number of nitro benzene ring substituents is 1. The van der Waals surface area contributed by atoms with Crippen LogP contribution >= 0.6 is 0 Å². The van der Waals surface area contributed by atoms with Gasteiger partial charge in [0.1, 0.15) is 27.8 Å². The van der Waals surface area contributed by atoms with Gasteiger partial charge in [-0.1, -0.05) is 6.07 Å². The Morgan fingerprint density at radius 3 is 2.57 bits per heavy atom. The van der Waals surface area contributed by atoms with Crippen LogP contribution in [-0.2, 0) is 21.4 Å². The van der Waals surface area contributed by atoms with E-state index in [-0.39, 0.29) is 42.4 Å². The Kier molecular flexibility index (Phi) is 4.69. The molecule has 0 saturated carbocycles. The zero-order valence-corrected chi connectivity index (χ0v) is 16.0. The maximum Gasteiger partial charge on any atom is 0.292 e. The molecule has 1 saturated heterocycles. The van der Waals surface area contributed by atoms with Gasteiger partial charge >= 0.3 is 0 Å². The summed E-state index contributed by atoms with van der Waals surface area (Å²) in [6.45, 7) is 0.636. The Bertz CT molecular complexity index is 1140. The summed E-state index contributed by atoms with van der Waals surface area (Å²) in [6, 6.07) is 8.04. The van der Waals surface area contributed by atoms with Crippen molar-refractivity contribution in [3.63, 3.8) is 0 Å². The molecule has 2 aromatic carbocycles. The number of hydrogen-bond donors (Lipinski definition) is 0. The maximum atomic E-state index is 13.6. The van der Waals surface area contributed by atoms with E-state index in [0.29, 0.717) is 11.4 Å². The van der Waals surface area contributed by atoms with Gasteiger partial charge in [-0.3, -0.25) is 10.1 Å². The van der Waals surface area contributed by atoms with E-state index in [0.717, 1.165) is 29.6 Å². The van der Waals surface area contributed by atoms with Gasteiger partial charge in [0, 0.05) is 38.3 Å². The van der Waals surface area contributed by atoms with Crippen molar-refractivity contribution in [1.29, 1.82) is 0 Å². The number of nitrogens with zero attached hydrogens (tertiary/aromatic N) is 5. The first-order chi connectivity index (χ1) is 13.4. The lowest BCUT2D eigenvalue weighted by molar-refractivity contribution is -0.384. The molecule has 0 N–H and O–H groups in total. The van der Waals surface area contributed by atoms with Crippen molar-refractivity contribution >= 4 is 44.1 Å². The lowest BCUT2D eigenvalue weighted by Crippen LogP contribution is -2.48. The lowest BCUT2D eigenvalue weighted by Gasteiger charge is -2.35. The summed E-state index contributed by atoms with van der Waals surface area (Å²) in [4.78, 5) is 12.4. The highest BCUT2D eigenvalue weighted by Gasteiger charge is 2.33. The highest BCUT2D eigenvalue weighted by Crippen LogP contribution is 2.39. The van der Waals surface area contributed by atoms with Crippen LogP contribution in [-0.4, -0.2) is 43.8 Å². The van der Waals surface area contributed by atoms with Crippen molar-refractivity contribution in [2.75, 3.05) is 31.1 Å². The van der Waals surface area contributed by atoms with Gasteiger partial charge in [0.15, 0.2) is 0 Å². The molecule has 0 aromatic heterocycles. The quantitative estimate of drug-likeness (QED) is 0.473. The van der Waals surface area contributed by atoms with Crippen LogP contribution in [0.4, 0.5) is 27.1 Å². The number of hydrogen-bond acceptors (Lipinski definition) is 7. The second-order valence-corrected chi connectivity index (χ2v) is 8.60. The van der Waals surface area contributed by atoms with Crippen molar-refractivity contribution in [1.82, 2.24) is 4.31 Å². The number of nitro groups is 1. The van der Waals surface area contributed by atoms with E-state index in [4.69, 9.17) is 0 Å². The third kappa shape index (κ3) is 3.19. The average molecular weight is 423 g/mol. The Hall–Kier alpha value is -2.70. The van der Waals surface area contributed by atoms with E-state index in [9.17, 15) is 22.9 Å². The van der Waals surface area contributed by atoms with Gasteiger partial charge in [-0.15, -0.1) is 0 Å². The summed E-state index contributed by atoms with van der Waals surface area (Å²) in [5.74, 6) is -0.585. The van der Waals surface area contributed by atoms with Crippen molar-refractivity contribution in [2.45, 2.75) is 4.90 Å².